The lowest BCUT2D eigenvalue weighted by molar-refractivity contribution is -0.117. The van der Waals surface area contributed by atoms with Crippen LogP contribution in [0.3, 0.4) is 0 Å². The summed E-state index contributed by atoms with van der Waals surface area (Å²) in [5.74, 6) is 1.13. The van der Waals surface area contributed by atoms with E-state index in [4.69, 9.17) is 4.74 Å². The summed E-state index contributed by atoms with van der Waals surface area (Å²) in [5, 5.41) is 6.43. The van der Waals surface area contributed by atoms with Crippen LogP contribution in [-0.2, 0) is 16.1 Å². The molecule has 1 aromatic rings. The van der Waals surface area contributed by atoms with Crippen molar-refractivity contribution in [2.45, 2.75) is 39.7 Å². The van der Waals surface area contributed by atoms with Crippen molar-refractivity contribution < 1.29 is 9.53 Å². The van der Waals surface area contributed by atoms with Crippen LogP contribution < -0.4 is 10.6 Å². The predicted molar refractivity (Wildman–Crippen MR) is 97.0 cm³/mol. The quantitative estimate of drug-likeness (QED) is 0.797. The SMILES string of the molecule is CCOCc1cccc(NC(=O)CC(C)C2CCCNC2)c1.Cl. The van der Waals surface area contributed by atoms with Crippen LogP contribution in [0.2, 0.25) is 0 Å². The molecule has 2 atom stereocenters. The minimum atomic E-state index is 0. The van der Waals surface area contributed by atoms with E-state index in [1.54, 1.807) is 0 Å². The number of benzene rings is 1. The fourth-order valence-electron chi connectivity index (χ4n) is 2.99. The Hall–Kier alpha value is -1.10. The van der Waals surface area contributed by atoms with Gasteiger partial charge in [-0.1, -0.05) is 19.1 Å². The largest absolute Gasteiger partial charge is 0.377 e. The highest BCUT2D eigenvalue weighted by Crippen LogP contribution is 2.23. The Bertz CT molecular complexity index is 476. The molecule has 5 heteroatoms. The molecule has 1 aliphatic heterocycles. The second kappa shape index (κ2) is 10.6. The van der Waals surface area contributed by atoms with Gasteiger partial charge < -0.3 is 15.4 Å². The van der Waals surface area contributed by atoms with Gasteiger partial charge in [0.05, 0.1) is 6.61 Å². The first-order valence-electron chi connectivity index (χ1n) is 8.36. The van der Waals surface area contributed by atoms with Crippen LogP contribution in [0, 0.1) is 11.8 Å². The van der Waals surface area contributed by atoms with Crippen molar-refractivity contribution in [2.24, 2.45) is 11.8 Å². The summed E-state index contributed by atoms with van der Waals surface area (Å²) in [5.41, 5.74) is 1.94. The molecule has 1 amide bonds. The van der Waals surface area contributed by atoms with Gasteiger partial charge in [-0.2, -0.15) is 0 Å². The fourth-order valence-corrected chi connectivity index (χ4v) is 2.99. The summed E-state index contributed by atoms with van der Waals surface area (Å²) in [6, 6.07) is 7.89. The van der Waals surface area contributed by atoms with Crippen LogP contribution in [0.15, 0.2) is 24.3 Å². The number of amides is 1. The third kappa shape index (κ3) is 6.90. The number of hydrogen-bond acceptors (Lipinski definition) is 3. The normalized spacial score (nSPS) is 18.8. The zero-order valence-electron chi connectivity index (χ0n) is 14.1. The van der Waals surface area contributed by atoms with Gasteiger partial charge in [-0.15, -0.1) is 12.4 Å². The van der Waals surface area contributed by atoms with E-state index in [1.807, 2.05) is 31.2 Å². The van der Waals surface area contributed by atoms with Gasteiger partial charge in [-0.3, -0.25) is 4.79 Å². The molecule has 0 aromatic heterocycles. The number of carbonyl (C=O) groups is 1. The summed E-state index contributed by atoms with van der Waals surface area (Å²) in [6.07, 6.45) is 3.03. The number of carbonyl (C=O) groups excluding carboxylic acids is 1. The Kier molecular flexibility index (Phi) is 9.22. The van der Waals surface area contributed by atoms with Gasteiger partial charge in [-0.25, -0.2) is 0 Å². The average Bonchev–Trinajstić information content (AvgIpc) is 2.54. The van der Waals surface area contributed by atoms with Crippen LogP contribution >= 0.6 is 12.4 Å². The number of rotatable bonds is 7. The molecule has 0 radical (unpaired) electrons. The number of piperidine rings is 1. The average molecular weight is 341 g/mol. The molecule has 0 bridgehead atoms. The number of hydrogen-bond donors (Lipinski definition) is 2. The maximum atomic E-state index is 12.2. The molecule has 4 nitrogen and oxygen atoms in total. The Balaban J connectivity index is 0.00000264. The Morgan fingerprint density at radius 1 is 1.48 bits per heavy atom. The first-order valence-corrected chi connectivity index (χ1v) is 8.36. The molecule has 1 aromatic carbocycles. The Morgan fingerprint density at radius 3 is 3.00 bits per heavy atom. The smallest absolute Gasteiger partial charge is 0.224 e. The van der Waals surface area contributed by atoms with Crippen molar-refractivity contribution in [1.82, 2.24) is 5.32 Å². The number of ether oxygens (including phenoxy) is 1. The van der Waals surface area contributed by atoms with E-state index in [2.05, 4.69) is 17.6 Å². The molecule has 0 aliphatic carbocycles. The molecule has 1 saturated heterocycles. The van der Waals surface area contributed by atoms with E-state index >= 15 is 0 Å². The zero-order valence-corrected chi connectivity index (χ0v) is 15.0. The predicted octanol–water partition coefficient (Wildman–Crippen LogP) is 3.61. The van der Waals surface area contributed by atoms with E-state index in [0.29, 0.717) is 31.5 Å². The second-order valence-corrected chi connectivity index (χ2v) is 6.17. The number of halogens is 1. The standard InChI is InChI=1S/C18H28N2O2.ClH/c1-3-22-13-15-6-4-8-17(11-15)20-18(21)10-14(2)16-7-5-9-19-12-16;/h4,6,8,11,14,16,19H,3,5,7,9-10,12-13H2,1-2H3,(H,20,21);1H. The first-order chi connectivity index (χ1) is 10.7. The van der Waals surface area contributed by atoms with Crippen LogP contribution in [-0.4, -0.2) is 25.6 Å². The summed E-state index contributed by atoms with van der Waals surface area (Å²) < 4.78 is 5.40. The van der Waals surface area contributed by atoms with E-state index in [9.17, 15) is 4.79 Å². The van der Waals surface area contributed by atoms with Crippen LogP contribution in [0.5, 0.6) is 0 Å². The molecule has 2 unspecified atom stereocenters. The van der Waals surface area contributed by atoms with Crippen LogP contribution in [0.25, 0.3) is 0 Å². The fraction of sp³-hybridized carbons (Fsp3) is 0.611. The van der Waals surface area contributed by atoms with Crippen molar-refractivity contribution in [3.63, 3.8) is 0 Å². The lowest BCUT2D eigenvalue weighted by atomic mass is 9.85. The monoisotopic (exact) mass is 340 g/mol. The Labute approximate surface area is 145 Å². The van der Waals surface area contributed by atoms with Crippen molar-refractivity contribution in [2.75, 3.05) is 25.0 Å². The number of anilines is 1. The van der Waals surface area contributed by atoms with Gasteiger partial charge in [0.2, 0.25) is 5.91 Å². The zero-order chi connectivity index (χ0) is 15.8. The molecule has 1 aliphatic rings. The van der Waals surface area contributed by atoms with Gasteiger partial charge >= 0.3 is 0 Å². The van der Waals surface area contributed by atoms with E-state index in [-0.39, 0.29) is 18.3 Å². The summed E-state index contributed by atoms with van der Waals surface area (Å²) in [7, 11) is 0. The maximum Gasteiger partial charge on any atom is 0.224 e. The topological polar surface area (TPSA) is 50.4 Å². The van der Waals surface area contributed by atoms with Crippen LogP contribution in [0.1, 0.15) is 38.7 Å². The van der Waals surface area contributed by atoms with Gasteiger partial charge in [0.15, 0.2) is 0 Å². The Morgan fingerprint density at radius 2 is 2.30 bits per heavy atom. The van der Waals surface area contributed by atoms with Crippen molar-refractivity contribution >= 4 is 24.0 Å². The minimum Gasteiger partial charge on any atom is -0.377 e. The van der Waals surface area contributed by atoms with Gasteiger partial charge in [0.1, 0.15) is 0 Å². The summed E-state index contributed by atoms with van der Waals surface area (Å²) >= 11 is 0. The molecule has 130 valence electrons. The number of nitrogens with one attached hydrogen (secondary N) is 2. The van der Waals surface area contributed by atoms with E-state index in [1.165, 1.54) is 12.8 Å². The van der Waals surface area contributed by atoms with Crippen molar-refractivity contribution in [3.8, 4) is 0 Å². The summed E-state index contributed by atoms with van der Waals surface area (Å²) in [4.78, 5) is 12.2. The third-order valence-corrected chi connectivity index (χ3v) is 4.33. The van der Waals surface area contributed by atoms with Gasteiger partial charge in [-0.05, 0) is 62.4 Å². The maximum absolute atomic E-state index is 12.2. The molecule has 0 saturated carbocycles. The highest BCUT2D eigenvalue weighted by Gasteiger charge is 2.22. The van der Waals surface area contributed by atoms with Crippen molar-refractivity contribution in [3.05, 3.63) is 29.8 Å². The van der Waals surface area contributed by atoms with Gasteiger partial charge in [0.25, 0.3) is 0 Å². The van der Waals surface area contributed by atoms with Crippen LogP contribution in [0.4, 0.5) is 5.69 Å². The highest BCUT2D eigenvalue weighted by atomic mass is 35.5. The van der Waals surface area contributed by atoms with E-state index in [0.717, 1.165) is 24.3 Å². The lowest BCUT2D eigenvalue weighted by Gasteiger charge is -2.28. The highest BCUT2D eigenvalue weighted by molar-refractivity contribution is 5.90. The molecule has 23 heavy (non-hydrogen) atoms. The molecule has 0 spiro atoms. The second-order valence-electron chi connectivity index (χ2n) is 6.17. The molecule has 1 fully saturated rings. The van der Waals surface area contributed by atoms with Crippen molar-refractivity contribution in [1.29, 1.82) is 0 Å². The molecular formula is C18H29ClN2O2. The molecule has 2 N–H and O–H groups in total. The lowest BCUT2D eigenvalue weighted by Crippen LogP contribution is -2.34. The minimum absolute atomic E-state index is 0. The van der Waals surface area contributed by atoms with Gasteiger partial charge in [0, 0.05) is 18.7 Å². The third-order valence-electron chi connectivity index (χ3n) is 4.33. The van der Waals surface area contributed by atoms with E-state index < -0.39 is 0 Å². The molecule has 2 rings (SSSR count). The molecule has 1 heterocycles. The summed E-state index contributed by atoms with van der Waals surface area (Å²) in [6.45, 7) is 7.60. The molecular weight excluding hydrogens is 312 g/mol. The first kappa shape index (κ1) is 19.9.